The largest absolute Gasteiger partial charge is 0.392 e. The maximum atomic E-state index is 10.4. The Morgan fingerprint density at radius 3 is 2.47 bits per heavy atom. The third-order valence-corrected chi connectivity index (χ3v) is 4.07. The van der Waals surface area contributed by atoms with Crippen molar-refractivity contribution in [2.45, 2.75) is 32.3 Å². The summed E-state index contributed by atoms with van der Waals surface area (Å²) in [4.78, 5) is 0. The minimum absolute atomic E-state index is 0.230. The molecule has 94 valence electrons. The van der Waals surface area contributed by atoms with E-state index in [1.54, 1.807) is 0 Å². The molecule has 1 aromatic carbocycles. The van der Waals surface area contributed by atoms with Crippen LogP contribution in [0.25, 0.3) is 0 Å². The summed E-state index contributed by atoms with van der Waals surface area (Å²) in [5.41, 5.74) is 7.12. The van der Waals surface area contributed by atoms with E-state index in [0.717, 1.165) is 6.42 Å². The first-order chi connectivity index (χ1) is 8.15. The third kappa shape index (κ3) is 2.70. The van der Waals surface area contributed by atoms with Gasteiger partial charge in [0.2, 0.25) is 0 Å². The summed E-state index contributed by atoms with van der Waals surface area (Å²) in [5.74, 6) is 1.63. The molecule has 0 saturated heterocycles. The van der Waals surface area contributed by atoms with Crippen LogP contribution in [0.5, 0.6) is 0 Å². The lowest BCUT2D eigenvalue weighted by Gasteiger charge is -2.25. The molecule has 4 atom stereocenters. The van der Waals surface area contributed by atoms with Gasteiger partial charge in [0.25, 0.3) is 0 Å². The van der Waals surface area contributed by atoms with Crippen molar-refractivity contribution in [2.24, 2.45) is 23.5 Å². The number of rotatable bonds is 5. The Morgan fingerprint density at radius 1 is 1.29 bits per heavy atom. The van der Waals surface area contributed by atoms with Crippen LogP contribution in [0.15, 0.2) is 30.3 Å². The van der Waals surface area contributed by atoms with E-state index in [0.29, 0.717) is 24.3 Å². The molecular weight excluding hydrogens is 210 g/mol. The molecule has 0 aliphatic heterocycles. The number of benzene rings is 1. The maximum absolute atomic E-state index is 10.4. The molecule has 0 aromatic heterocycles. The predicted molar refractivity (Wildman–Crippen MR) is 70.7 cm³/mol. The molecule has 0 radical (unpaired) electrons. The monoisotopic (exact) mass is 233 g/mol. The minimum atomic E-state index is -0.245. The van der Waals surface area contributed by atoms with Crippen molar-refractivity contribution in [3.63, 3.8) is 0 Å². The zero-order valence-corrected chi connectivity index (χ0v) is 10.7. The topological polar surface area (TPSA) is 46.2 Å². The van der Waals surface area contributed by atoms with Crippen molar-refractivity contribution in [3.05, 3.63) is 35.9 Å². The Bertz CT molecular complexity index is 349. The first-order valence-electron chi connectivity index (χ1n) is 6.58. The highest BCUT2D eigenvalue weighted by Crippen LogP contribution is 2.51. The molecule has 1 saturated carbocycles. The first kappa shape index (κ1) is 12.6. The maximum Gasteiger partial charge on any atom is 0.0617 e. The van der Waals surface area contributed by atoms with E-state index >= 15 is 0 Å². The molecule has 0 bridgehead atoms. The summed E-state index contributed by atoms with van der Waals surface area (Å²) in [6.45, 7) is 4.86. The molecule has 2 rings (SSSR count). The van der Waals surface area contributed by atoms with Crippen molar-refractivity contribution in [1.82, 2.24) is 0 Å². The lowest BCUT2D eigenvalue weighted by Crippen LogP contribution is -2.33. The van der Waals surface area contributed by atoms with Gasteiger partial charge in [-0.2, -0.15) is 0 Å². The molecule has 2 heteroatoms. The Balaban J connectivity index is 1.98. The fourth-order valence-corrected chi connectivity index (χ4v) is 2.80. The molecule has 4 unspecified atom stereocenters. The zero-order chi connectivity index (χ0) is 12.4. The Morgan fingerprint density at radius 2 is 1.94 bits per heavy atom. The Kier molecular flexibility index (Phi) is 3.85. The molecular formula is C15H23NO. The van der Waals surface area contributed by atoms with Gasteiger partial charge in [0, 0.05) is 0 Å². The van der Waals surface area contributed by atoms with Crippen LogP contribution in [-0.4, -0.2) is 17.8 Å². The second-order valence-corrected chi connectivity index (χ2v) is 5.55. The van der Waals surface area contributed by atoms with Crippen LogP contribution >= 0.6 is 0 Å². The van der Waals surface area contributed by atoms with Crippen LogP contribution in [0.1, 0.15) is 31.7 Å². The summed E-state index contributed by atoms with van der Waals surface area (Å²) in [6.07, 6.45) is 0.860. The van der Waals surface area contributed by atoms with Gasteiger partial charge in [-0.25, -0.2) is 0 Å². The van der Waals surface area contributed by atoms with E-state index in [2.05, 4.69) is 38.1 Å². The fraction of sp³-hybridized carbons (Fsp3) is 0.600. The first-order valence-corrected chi connectivity index (χ1v) is 6.58. The van der Waals surface area contributed by atoms with Crippen molar-refractivity contribution in [3.8, 4) is 0 Å². The van der Waals surface area contributed by atoms with E-state index in [-0.39, 0.29) is 12.0 Å². The molecule has 1 aliphatic carbocycles. The molecule has 0 amide bonds. The quantitative estimate of drug-likeness (QED) is 0.820. The summed E-state index contributed by atoms with van der Waals surface area (Å²) < 4.78 is 0. The van der Waals surface area contributed by atoms with Crippen LogP contribution in [0.2, 0.25) is 0 Å². The summed E-state index contributed by atoms with van der Waals surface area (Å²) in [6, 6.07) is 10.5. The Labute approximate surface area is 104 Å². The number of hydrogen-bond acceptors (Lipinski definition) is 2. The molecule has 1 fully saturated rings. The van der Waals surface area contributed by atoms with Crippen LogP contribution in [0.3, 0.4) is 0 Å². The van der Waals surface area contributed by atoms with Gasteiger partial charge >= 0.3 is 0 Å². The summed E-state index contributed by atoms with van der Waals surface area (Å²) >= 11 is 0. The number of hydrogen-bond donors (Lipinski definition) is 2. The van der Waals surface area contributed by atoms with Crippen molar-refractivity contribution in [2.75, 3.05) is 6.54 Å². The van der Waals surface area contributed by atoms with E-state index in [4.69, 9.17) is 5.73 Å². The average molecular weight is 233 g/mol. The van der Waals surface area contributed by atoms with Gasteiger partial charge in [0.1, 0.15) is 0 Å². The highest BCUT2D eigenvalue weighted by molar-refractivity contribution is 5.26. The SMILES string of the molecule is CC(C)C(CN)C(O)C1CC1c1ccccc1. The smallest absolute Gasteiger partial charge is 0.0617 e. The third-order valence-electron chi connectivity index (χ3n) is 4.07. The number of nitrogens with two attached hydrogens (primary N) is 1. The van der Waals surface area contributed by atoms with Gasteiger partial charge in [-0.3, -0.25) is 0 Å². The van der Waals surface area contributed by atoms with Crippen molar-refractivity contribution < 1.29 is 5.11 Å². The lowest BCUT2D eigenvalue weighted by molar-refractivity contribution is 0.0650. The minimum Gasteiger partial charge on any atom is -0.392 e. The molecule has 2 nitrogen and oxygen atoms in total. The second kappa shape index (κ2) is 5.19. The van der Waals surface area contributed by atoms with Gasteiger partial charge in [0.05, 0.1) is 6.10 Å². The van der Waals surface area contributed by atoms with E-state index in [1.165, 1.54) is 5.56 Å². The van der Waals surface area contributed by atoms with Gasteiger partial charge in [-0.15, -0.1) is 0 Å². The molecule has 1 aliphatic rings. The molecule has 1 aromatic rings. The van der Waals surface area contributed by atoms with Gasteiger partial charge in [-0.1, -0.05) is 44.2 Å². The zero-order valence-electron chi connectivity index (χ0n) is 10.7. The van der Waals surface area contributed by atoms with Crippen molar-refractivity contribution >= 4 is 0 Å². The molecule has 3 N–H and O–H groups in total. The summed E-state index contributed by atoms with van der Waals surface area (Å²) in [5, 5.41) is 10.4. The van der Waals surface area contributed by atoms with Crippen LogP contribution < -0.4 is 5.73 Å². The van der Waals surface area contributed by atoms with Crippen LogP contribution in [0.4, 0.5) is 0 Å². The Hall–Kier alpha value is -0.860. The highest BCUT2D eigenvalue weighted by atomic mass is 16.3. The highest BCUT2D eigenvalue weighted by Gasteiger charge is 2.45. The average Bonchev–Trinajstić information content (AvgIpc) is 3.10. The molecule has 0 heterocycles. The number of aliphatic hydroxyl groups excluding tert-OH is 1. The van der Waals surface area contributed by atoms with E-state index in [1.807, 2.05) is 6.07 Å². The summed E-state index contributed by atoms with van der Waals surface area (Å²) in [7, 11) is 0. The van der Waals surface area contributed by atoms with Crippen LogP contribution in [-0.2, 0) is 0 Å². The van der Waals surface area contributed by atoms with Crippen LogP contribution in [0, 0.1) is 17.8 Å². The second-order valence-electron chi connectivity index (χ2n) is 5.55. The van der Waals surface area contributed by atoms with E-state index < -0.39 is 0 Å². The number of aliphatic hydroxyl groups is 1. The van der Waals surface area contributed by atoms with E-state index in [9.17, 15) is 5.11 Å². The fourth-order valence-electron chi connectivity index (χ4n) is 2.80. The van der Waals surface area contributed by atoms with Crippen molar-refractivity contribution in [1.29, 1.82) is 0 Å². The molecule has 17 heavy (non-hydrogen) atoms. The standard InChI is InChI=1S/C15H23NO/c1-10(2)14(9-16)15(17)13-8-12(13)11-6-4-3-5-7-11/h3-7,10,12-15,17H,8-9,16H2,1-2H3. The van der Waals surface area contributed by atoms with Gasteiger partial charge in [0.15, 0.2) is 0 Å². The normalized spacial score (nSPS) is 26.9. The van der Waals surface area contributed by atoms with Gasteiger partial charge < -0.3 is 10.8 Å². The molecule has 0 spiro atoms. The van der Waals surface area contributed by atoms with Gasteiger partial charge in [-0.05, 0) is 42.2 Å². The lowest BCUT2D eigenvalue weighted by atomic mass is 9.87. The predicted octanol–water partition coefficient (Wildman–Crippen LogP) is 2.38.